The monoisotopic (exact) mass is 502 g/mol. The highest BCUT2D eigenvalue weighted by atomic mass is 32.2. The lowest BCUT2D eigenvalue weighted by molar-refractivity contribution is -0.116. The van der Waals surface area contributed by atoms with E-state index in [9.17, 15) is 18.0 Å². The van der Waals surface area contributed by atoms with E-state index in [0.717, 1.165) is 34.0 Å². The average Bonchev–Trinajstić information content (AvgIpc) is 3.14. The van der Waals surface area contributed by atoms with Crippen LogP contribution in [-0.2, 0) is 34.2 Å². The van der Waals surface area contributed by atoms with Crippen LogP contribution in [0.15, 0.2) is 40.3 Å². The smallest absolute Gasteiger partial charge is 0.262 e. The molecular formula is C24H30N4O4S2. The third-order valence-electron chi connectivity index (χ3n) is 6.49. The standard InChI is InChI=1S/C24H30N4O4S2/c1-24(2,3)15-6-11-18-19(12-15)33-22-21(18)23(30)28(14-25-22)13-20(29)26-16-7-9-17(10-8-16)34(31,32)27(4)5/h7-10,14-15H,6,11-13H2,1-5H3,(H,26,29). The van der Waals surface area contributed by atoms with Gasteiger partial charge in [-0.25, -0.2) is 17.7 Å². The Labute approximate surface area is 203 Å². The number of anilines is 1. The molecule has 0 radical (unpaired) electrons. The van der Waals surface area contributed by atoms with Gasteiger partial charge in [0.2, 0.25) is 15.9 Å². The van der Waals surface area contributed by atoms with Crippen LogP contribution < -0.4 is 10.9 Å². The molecule has 182 valence electrons. The molecule has 8 nitrogen and oxygen atoms in total. The summed E-state index contributed by atoms with van der Waals surface area (Å²) in [5.41, 5.74) is 1.56. The van der Waals surface area contributed by atoms with Crippen LogP contribution in [0.2, 0.25) is 0 Å². The molecule has 2 heterocycles. The van der Waals surface area contributed by atoms with Gasteiger partial charge in [-0.2, -0.15) is 0 Å². The largest absolute Gasteiger partial charge is 0.325 e. The van der Waals surface area contributed by atoms with E-state index in [2.05, 4.69) is 31.1 Å². The average molecular weight is 503 g/mol. The number of sulfonamides is 1. The third kappa shape index (κ3) is 4.67. The number of aryl methyl sites for hydroxylation is 1. The van der Waals surface area contributed by atoms with Crippen LogP contribution >= 0.6 is 11.3 Å². The Morgan fingerprint density at radius 2 is 1.91 bits per heavy atom. The van der Waals surface area contributed by atoms with Crippen molar-refractivity contribution in [3.8, 4) is 0 Å². The minimum Gasteiger partial charge on any atom is -0.325 e. The van der Waals surface area contributed by atoms with Gasteiger partial charge in [-0.1, -0.05) is 20.8 Å². The molecule has 1 aliphatic rings. The zero-order valence-corrected chi connectivity index (χ0v) is 21.7. The first kappa shape index (κ1) is 24.6. The minimum absolute atomic E-state index is 0.136. The van der Waals surface area contributed by atoms with Gasteiger partial charge >= 0.3 is 0 Å². The number of carbonyl (C=O) groups is 1. The number of nitrogens with zero attached hydrogens (tertiary/aromatic N) is 3. The summed E-state index contributed by atoms with van der Waals surface area (Å²) in [7, 11) is -0.624. The van der Waals surface area contributed by atoms with E-state index in [4.69, 9.17) is 0 Å². The van der Waals surface area contributed by atoms with Gasteiger partial charge < -0.3 is 5.32 Å². The molecule has 1 aromatic carbocycles. The fraction of sp³-hybridized carbons (Fsp3) is 0.458. The zero-order chi connectivity index (χ0) is 24.8. The molecule has 0 aliphatic heterocycles. The molecule has 0 bridgehead atoms. The van der Waals surface area contributed by atoms with Crippen molar-refractivity contribution in [2.24, 2.45) is 11.3 Å². The van der Waals surface area contributed by atoms with Gasteiger partial charge in [0, 0.05) is 24.7 Å². The number of fused-ring (bicyclic) bond motifs is 3. The van der Waals surface area contributed by atoms with Crippen molar-refractivity contribution >= 4 is 43.2 Å². The van der Waals surface area contributed by atoms with Crippen LogP contribution in [-0.4, -0.2) is 42.3 Å². The van der Waals surface area contributed by atoms with E-state index < -0.39 is 10.0 Å². The second kappa shape index (κ2) is 8.90. The van der Waals surface area contributed by atoms with Crippen molar-refractivity contribution < 1.29 is 13.2 Å². The molecule has 0 fully saturated rings. The third-order valence-corrected chi connectivity index (χ3v) is 9.48. The van der Waals surface area contributed by atoms with Crippen LogP contribution in [0.3, 0.4) is 0 Å². The Morgan fingerprint density at radius 3 is 2.53 bits per heavy atom. The van der Waals surface area contributed by atoms with Crippen molar-refractivity contribution in [2.75, 3.05) is 19.4 Å². The van der Waals surface area contributed by atoms with Gasteiger partial charge in [0.25, 0.3) is 5.56 Å². The van der Waals surface area contributed by atoms with Crippen LogP contribution in [0.5, 0.6) is 0 Å². The fourth-order valence-electron chi connectivity index (χ4n) is 4.33. The summed E-state index contributed by atoms with van der Waals surface area (Å²) in [5.74, 6) is 0.184. The lowest BCUT2D eigenvalue weighted by Gasteiger charge is -2.33. The molecule has 0 saturated carbocycles. The fourth-order valence-corrected chi connectivity index (χ4v) is 6.49. The van der Waals surface area contributed by atoms with Gasteiger partial charge in [0.15, 0.2) is 0 Å². The van der Waals surface area contributed by atoms with Gasteiger partial charge in [0.05, 0.1) is 16.6 Å². The molecule has 4 rings (SSSR count). The number of hydrogen-bond acceptors (Lipinski definition) is 6. The minimum atomic E-state index is -3.54. The number of thiophene rings is 1. The summed E-state index contributed by atoms with van der Waals surface area (Å²) in [6, 6.07) is 5.93. The quantitative estimate of drug-likeness (QED) is 0.575. The summed E-state index contributed by atoms with van der Waals surface area (Å²) in [6.45, 7) is 6.60. The molecule has 34 heavy (non-hydrogen) atoms. The van der Waals surface area contributed by atoms with Crippen molar-refractivity contribution in [2.45, 2.75) is 51.5 Å². The summed E-state index contributed by atoms with van der Waals surface area (Å²) in [5, 5.41) is 3.36. The van der Waals surface area contributed by atoms with Crippen LogP contribution in [0.4, 0.5) is 5.69 Å². The van der Waals surface area contributed by atoms with E-state index in [0.29, 0.717) is 17.0 Å². The normalized spacial score (nSPS) is 16.6. The molecule has 10 heteroatoms. The van der Waals surface area contributed by atoms with Crippen LogP contribution in [0, 0.1) is 11.3 Å². The van der Waals surface area contributed by atoms with E-state index >= 15 is 0 Å². The highest BCUT2D eigenvalue weighted by Crippen LogP contribution is 2.41. The first-order chi connectivity index (χ1) is 15.9. The molecule has 1 N–H and O–H groups in total. The van der Waals surface area contributed by atoms with Gasteiger partial charge in [-0.15, -0.1) is 11.3 Å². The highest BCUT2D eigenvalue weighted by Gasteiger charge is 2.31. The topological polar surface area (TPSA) is 101 Å². The van der Waals surface area contributed by atoms with Crippen LogP contribution in [0.1, 0.15) is 37.6 Å². The molecule has 1 unspecified atom stereocenters. The number of hydrogen-bond donors (Lipinski definition) is 1. The number of rotatable bonds is 5. The number of amides is 1. The van der Waals surface area contributed by atoms with Gasteiger partial charge in [0.1, 0.15) is 11.4 Å². The predicted molar refractivity (Wildman–Crippen MR) is 135 cm³/mol. The number of benzene rings is 1. The van der Waals surface area contributed by atoms with E-state index in [-0.39, 0.29) is 28.3 Å². The van der Waals surface area contributed by atoms with Gasteiger partial charge in [-0.05, 0) is 60.4 Å². The Kier molecular flexibility index (Phi) is 6.43. The van der Waals surface area contributed by atoms with Crippen molar-refractivity contribution in [1.82, 2.24) is 13.9 Å². The molecule has 0 spiro atoms. The predicted octanol–water partition coefficient (Wildman–Crippen LogP) is 3.50. The van der Waals surface area contributed by atoms with Gasteiger partial charge in [-0.3, -0.25) is 14.2 Å². The lowest BCUT2D eigenvalue weighted by atomic mass is 9.72. The Balaban J connectivity index is 1.52. The van der Waals surface area contributed by atoms with E-state index in [1.807, 2.05) is 0 Å². The summed E-state index contributed by atoms with van der Waals surface area (Å²) >= 11 is 1.59. The summed E-state index contributed by atoms with van der Waals surface area (Å²) < 4.78 is 26.9. The lowest BCUT2D eigenvalue weighted by Crippen LogP contribution is -2.29. The second-order valence-corrected chi connectivity index (χ2v) is 13.3. The molecule has 1 aliphatic carbocycles. The molecule has 3 aromatic rings. The maximum absolute atomic E-state index is 13.2. The number of aromatic nitrogens is 2. The maximum Gasteiger partial charge on any atom is 0.262 e. The first-order valence-electron chi connectivity index (χ1n) is 11.2. The molecular weight excluding hydrogens is 472 g/mol. The van der Waals surface area contributed by atoms with Crippen molar-refractivity contribution in [1.29, 1.82) is 0 Å². The highest BCUT2D eigenvalue weighted by molar-refractivity contribution is 7.89. The molecule has 1 amide bonds. The zero-order valence-electron chi connectivity index (χ0n) is 20.1. The second-order valence-electron chi connectivity index (χ2n) is 10.0. The van der Waals surface area contributed by atoms with Crippen molar-refractivity contribution in [3.05, 3.63) is 51.4 Å². The van der Waals surface area contributed by atoms with Crippen LogP contribution in [0.25, 0.3) is 10.2 Å². The number of carbonyl (C=O) groups excluding carboxylic acids is 1. The Bertz CT molecular complexity index is 1400. The summed E-state index contributed by atoms with van der Waals surface area (Å²) in [6.07, 6.45) is 4.28. The number of nitrogens with one attached hydrogen (secondary N) is 1. The summed E-state index contributed by atoms with van der Waals surface area (Å²) in [4.78, 5) is 32.4. The Morgan fingerprint density at radius 1 is 1.24 bits per heavy atom. The Hall–Kier alpha value is -2.56. The van der Waals surface area contributed by atoms with E-state index in [1.165, 1.54) is 54.1 Å². The molecule has 0 saturated heterocycles. The SMILES string of the molecule is CN(C)S(=O)(=O)c1ccc(NC(=O)Cn2cnc3sc4c(c3c2=O)CCC(C(C)(C)C)C4)cc1. The molecule has 2 aromatic heterocycles. The maximum atomic E-state index is 13.2. The molecule has 1 atom stereocenters. The van der Waals surface area contributed by atoms with E-state index in [1.54, 1.807) is 11.3 Å². The van der Waals surface area contributed by atoms with Crippen molar-refractivity contribution in [3.63, 3.8) is 0 Å². The first-order valence-corrected chi connectivity index (χ1v) is 13.5.